The lowest BCUT2D eigenvalue weighted by atomic mass is 10.2. The summed E-state index contributed by atoms with van der Waals surface area (Å²) in [4.78, 5) is 22.2. The van der Waals surface area contributed by atoms with E-state index in [1.807, 2.05) is 31.2 Å². The quantitative estimate of drug-likeness (QED) is 0.414. The molecule has 0 atom stereocenters. The van der Waals surface area contributed by atoms with Crippen LogP contribution in [0.15, 0.2) is 36.5 Å². The Morgan fingerprint density at radius 2 is 2.17 bits per heavy atom. The Morgan fingerprint density at radius 1 is 1.35 bits per heavy atom. The second-order valence-electron chi connectivity index (χ2n) is 5.35. The minimum absolute atomic E-state index is 0.00956. The number of fused-ring (bicyclic) bond motifs is 1. The van der Waals surface area contributed by atoms with Crippen molar-refractivity contribution in [1.29, 1.82) is 0 Å². The third kappa shape index (κ3) is 3.45. The van der Waals surface area contributed by atoms with Crippen LogP contribution in [-0.4, -0.2) is 26.4 Å². The monoisotopic (exact) mass is 311 g/mol. The predicted molar refractivity (Wildman–Crippen MR) is 88.5 cm³/mol. The number of nitrogens with zero attached hydrogens (tertiary/aromatic N) is 3. The van der Waals surface area contributed by atoms with Gasteiger partial charge in [-0.05, 0) is 31.0 Å². The zero-order chi connectivity index (χ0) is 16.2. The van der Waals surface area contributed by atoms with Crippen LogP contribution in [0.4, 0.5) is 11.5 Å². The number of nitrogens with one attached hydrogen (secondary N) is 2. The lowest BCUT2D eigenvalue weighted by Gasteiger charge is -2.07. The van der Waals surface area contributed by atoms with Crippen LogP contribution in [0.2, 0.25) is 0 Å². The number of imidazole rings is 1. The van der Waals surface area contributed by atoms with Gasteiger partial charge in [0.25, 0.3) is 5.69 Å². The van der Waals surface area contributed by atoms with Crippen molar-refractivity contribution in [1.82, 2.24) is 15.0 Å². The summed E-state index contributed by atoms with van der Waals surface area (Å²) in [5.41, 5.74) is 2.80. The van der Waals surface area contributed by atoms with Gasteiger partial charge < -0.3 is 10.3 Å². The average Bonchev–Trinajstić information content (AvgIpc) is 2.95. The zero-order valence-corrected chi connectivity index (χ0v) is 12.7. The van der Waals surface area contributed by atoms with Crippen molar-refractivity contribution in [2.24, 2.45) is 0 Å². The highest BCUT2D eigenvalue weighted by Gasteiger charge is 2.09. The van der Waals surface area contributed by atoms with Crippen LogP contribution in [0.5, 0.6) is 0 Å². The fraction of sp³-hybridized carbons (Fsp3) is 0.250. The molecule has 2 aromatic heterocycles. The molecule has 0 fully saturated rings. The summed E-state index contributed by atoms with van der Waals surface area (Å²) in [7, 11) is 0. The van der Waals surface area contributed by atoms with Crippen molar-refractivity contribution in [3.05, 3.63) is 58.0 Å². The molecule has 0 aliphatic heterocycles. The first-order valence-electron chi connectivity index (χ1n) is 7.42. The molecule has 0 radical (unpaired) electrons. The van der Waals surface area contributed by atoms with Gasteiger partial charge in [-0.1, -0.05) is 12.1 Å². The Bertz CT molecular complexity index is 810. The molecule has 2 N–H and O–H groups in total. The first-order chi connectivity index (χ1) is 11.1. The van der Waals surface area contributed by atoms with E-state index >= 15 is 0 Å². The van der Waals surface area contributed by atoms with Crippen molar-refractivity contribution in [2.75, 3.05) is 11.9 Å². The number of nitro groups is 1. The van der Waals surface area contributed by atoms with E-state index in [1.165, 1.54) is 12.3 Å². The zero-order valence-electron chi connectivity index (χ0n) is 12.7. The maximum Gasteiger partial charge on any atom is 0.287 e. The molecule has 7 nitrogen and oxygen atoms in total. The van der Waals surface area contributed by atoms with E-state index in [9.17, 15) is 10.1 Å². The van der Waals surface area contributed by atoms with E-state index in [-0.39, 0.29) is 5.69 Å². The van der Waals surface area contributed by atoms with Crippen molar-refractivity contribution in [2.45, 2.75) is 19.8 Å². The first kappa shape index (κ1) is 15.0. The van der Waals surface area contributed by atoms with Crippen LogP contribution in [0.3, 0.4) is 0 Å². The van der Waals surface area contributed by atoms with Crippen LogP contribution in [0, 0.1) is 17.0 Å². The highest BCUT2D eigenvalue weighted by molar-refractivity contribution is 5.74. The summed E-state index contributed by atoms with van der Waals surface area (Å²) < 4.78 is 0. The molecule has 0 amide bonds. The lowest BCUT2D eigenvalue weighted by molar-refractivity contribution is -0.385. The van der Waals surface area contributed by atoms with E-state index in [4.69, 9.17) is 0 Å². The Balaban J connectivity index is 1.54. The molecule has 1 aromatic carbocycles. The summed E-state index contributed by atoms with van der Waals surface area (Å²) in [6.45, 7) is 2.53. The second kappa shape index (κ2) is 6.43. The summed E-state index contributed by atoms with van der Waals surface area (Å²) in [6.07, 6.45) is 2.99. The molecule has 2 heterocycles. The second-order valence-corrected chi connectivity index (χ2v) is 5.35. The van der Waals surface area contributed by atoms with Crippen LogP contribution in [0.25, 0.3) is 11.0 Å². The fourth-order valence-corrected chi connectivity index (χ4v) is 2.43. The minimum atomic E-state index is -0.439. The van der Waals surface area contributed by atoms with E-state index < -0.39 is 4.92 Å². The van der Waals surface area contributed by atoms with Crippen molar-refractivity contribution >= 4 is 22.5 Å². The standard InChI is InChI=1S/C16H17N5O2/c1-11-9-12(21(22)23)10-18-16(11)17-8-4-7-15-19-13-5-2-3-6-14(13)20-15/h2-3,5-6,9-10H,4,7-8H2,1H3,(H,17,18)(H,19,20). The Labute approximate surface area is 132 Å². The number of aromatic nitrogens is 3. The summed E-state index contributed by atoms with van der Waals surface area (Å²) in [6, 6.07) is 9.47. The first-order valence-corrected chi connectivity index (χ1v) is 7.42. The van der Waals surface area contributed by atoms with E-state index in [0.717, 1.165) is 41.8 Å². The van der Waals surface area contributed by atoms with E-state index in [0.29, 0.717) is 5.82 Å². The molecule has 7 heteroatoms. The van der Waals surface area contributed by atoms with Crippen LogP contribution < -0.4 is 5.32 Å². The number of benzene rings is 1. The Morgan fingerprint density at radius 3 is 2.91 bits per heavy atom. The van der Waals surface area contributed by atoms with Crippen molar-refractivity contribution < 1.29 is 4.92 Å². The lowest BCUT2D eigenvalue weighted by Crippen LogP contribution is -2.07. The molecule has 0 aliphatic carbocycles. The van der Waals surface area contributed by atoms with Gasteiger partial charge in [-0.25, -0.2) is 9.97 Å². The molecule has 118 valence electrons. The average molecular weight is 311 g/mol. The molecule has 0 saturated carbocycles. The van der Waals surface area contributed by atoms with E-state index in [1.54, 1.807) is 0 Å². The number of aromatic amines is 1. The van der Waals surface area contributed by atoms with Gasteiger partial charge in [-0.15, -0.1) is 0 Å². The molecule has 0 bridgehead atoms. The fourth-order valence-electron chi connectivity index (χ4n) is 2.43. The highest BCUT2D eigenvalue weighted by atomic mass is 16.6. The van der Waals surface area contributed by atoms with Crippen molar-refractivity contribution in [3.8, 4) is 0 Å². The van der Waals surface area contributed by atoms with Crippen molar-refractivity contribution in [3.63, 3.8) is 0 Å². The number of anilines is 1. The van der Waals surface area contributed by atoms with Gasteiger partial charge in [0.2, 0.25) is 0 Å². The minimum Gasteiger partial charge on any atom is -0.370 e. The van der Waals surface area contributed by atoms with Crippen LogP contribution in [0.1, 0.15) is 17.8 Å². The van der Waals surface area contributed by atoms with Crippen LogP contribution >= 0.6 is 0 Å². The number of hydrogen-bond donors (Lipinski definition) is 2. The van der Waals surface area contributed by atoms with Gasteiger partial charge in [0, 0.05) is 19.0 Å². The van der Waals surface area contributed by atoms with E-state index in [2.05, 4.69) is 20.3 Å². The predicted octanol–water partition coefficient (Wildman–Crippen LogP) is 3.22. The summed E-state index contributed by atoms with van der Waals surface area (Å²) >= 11 is 0. The smallest absolute Gasteiger partial charge is 0.287 e. The van der Waals surface area contributed by atoms with Gasteiger partial charge in [0.15, 0.2) is 0 Å². The molecule has 0 aliphatic rings. The Hall–Kier alpha value is -2.96. The van der Waals surface area contributed by atoms with Gasteiger partial charge in [0.1, 0.15) is 17.8 Å². The normalized spacial score (nSPS) is 10.8. The molecule has 0 spiro atoms. The van der Waals surface area contributed by atoms with Gasteiger partial charge in [-0.3, -0.25) is 10.1 Å². The van der Waals surface area contributed by atoms with Gasteiger partial charge >= 0.3 is 0 Å². The molecule has 0 saturated heterocycles. The maximum atomic E-state index is 10.7. The van der Waals surface area contributed by atoms with Gasteiger partial charge in [-0.2, -0.15) is 0 Å². The molecule has 23 heavy (non-hydrogen) atoms. The number of aryl methyl sites for hydroxylation is 2. The van der Waals surface area contributed by atoms with Crippen LogP contribution in [-0.2, 0) is 6.42 Å². The topological polar surface area (TPSA) is 96.7 Å². The molecule has 3 rings (SSSR count). The Kier molecular flexibility index (Phi) is 4.18. The molecular formula is C16H17N5O2. The number of H-pyrrole nitrogens is 1. The molecular weight excluding hydrogens is 294 g/mol. The number of rotatable bonds is 6. The number of hydrogen-bond acceptors (Lipinski definition) is 5. The highest BCUT2D eigenvalue weighted by Crippen LogP contribution is 2.18. The number of para-hydroxylation sites is 2. The third-order valence-electron chi connectivity index (χ3n) is 3.60. The molecule has 0 unspecified atom stereocenters. The molecule has 3 aromatic rings. The summed E-state index contributed by atoms with van der Waals surface area (Å²) in [5, 5.41) is 13.9. The largest absolute Gasteiger partial charge is 0.370 e. The maximum absolute atomic E-state index is 10.7. The summed E-state index contributed by atoms with van der Waals surface area (Å²) in [5.74, 6) is 1.64. The van der Waals surface area contributed by atoms with Gasteiger partial charge in [0.05, 0.1) is 16.0 Å². The third-order valence-corrected chi connectivity index (χ3v) is 3.60. The SMILES string of the molecule is Cc1cc([N+](=O)[O-])cnc1NCCCc1nc2ccccc2[nH]1. The number of pyridine rings is 1.